The Morgan fingerprint density at radius 1 is 0.968 bits per heavy atom. The van der Waals surface area contributed by atoms with Gasteiger partial charge < -0.3 is 4.74 Å². The van der Waals surface area contributed by atoms with E-state index in [2.05, 4.69) is 10.5 Å². The van der Waals surface area contributed by atoms with E-state index < -0.39 is 6.10 Å². The molecule has 0 spiro atoms. The number of carbonyl (C=O) groups excluding carboxylic acids is 1. The van der Waals surface area contributed by atoms with Crippen LogP contribution in [0.5, 0.6) is 0 Å². The molecule has 0 aliphatic rings. The van der Waals surface area contributed by atoms with Gasteiger partial charge in [0.15, 0.2) is 6.10 Å². The summed E-state index contributed by atoms with van der Waals surface area (Å²) in [5, 5.41) is 8.91. The Morgan fingerprint density at radius 3 is 2.23 bits per heavy atom. The highest BCUT2D eigenvalue weighted by molar-refractivity contribution is 5.90. The van der Waals surface area contributed by atoms with Crippen molar-refractivity contribution in [2.75, 3.05) is 7.11 Å². The highest BCUT2D eigenvalue weighted by atomic mass is 16.5. The van der Waals surface area contributed by atoms with Crippen LogP contribution in [0.25, 0.3) is 16.9 Å². The summed E-state index contributed by atoms with van der Waals surface area (Å²) in [6, 6.07) is 29.0. The summed E-state index contributed by atoms with van der Waals surface area (Å²) in [7, 11) is 1.50. The van der Waals surface area contributed by atoms with Crippen molar-refractivity contribution in [1.82, 2.24) is 15.2 Å². The molecule has 1 amide bonds. The summed E-state index contributed by atoms with van der Waals surface area (Å²) in [4.78, 5) is 12.6. The zero-order chi connectivity index (χ0) is 21.5. The lowest BCUT2D eigenvalue weighted by molar-refractivity contribution is -0.131. The molecular formula is C25H22N4O2. The molecule has 6 heteroatoms. The second-order valence-corrected chi connectivity index (χ2v) is 6.84. The van der Waals surface area contributed by atoms with Crippen LogP contribution in [0.4, 0.5) is 0 Å². The van der Waals surface area contributed by atoms with Crippen molar-refractivity contribution in [1.29, 1.82) is 0 Å². The van der Waals surface area contributed by atoms with Crippen LogP contribution in [0.2, 0.25) is 0 Å². The Bertz CT molecular complexity index is 1160. The van der Waals surface area contributed by atoms with Gasteiger partial charge >= 0.3 is 0 Å². The fourth-order valence-electron chi connectivity index (χ4n) is 3.26. The van der Waals surface area contributed by atoms with E-state index in [9.17, 15) is 4.79 Å². The predicted octanol–water partition coefficient (Wildman–Crippen LogP) is 4.38. The fourth-order valence-corrected chi connectivity index (χ4v) is 3.26. The molecule has 1 aromatic heterocycles. The lowest BCUT2D eigenvalue weighted by Gasteiger charge is -2.13. The SMILES string of the molecule is COC(C(=O)N/N=C/c1cn(-c2ccccc2)nc1-c1ccccc1)c1ccccc1. The van der Waals surface area contributed by atoms with Crippen LogP contribution in [0.15, 0.2) is 102 Å². The van der Waals surface area contributed by atoms with Crippen LogP contribution >= 0.6 is 0 Å². The number of para-hydroxylation sites is 1. The lowest BCUT2D eigenvalue weighted by atomic mass is 10.1. The molecule has 0 saturated carbocycles. The number of hydrazone groups is 1. The van der Waals surface area contributed by atoms with E-state index in [4.69, 9.17) is 9.84 Å². The summed E-state index contributed by atoms with van der Waals surface area (Å²) < 4.78 is 7.15. The Morgan fingerprint density at radius 2 is 1.58 bits per heavy atom. The number of amides is 1. The molecule has 1 N–H and O–H groups in total. The van der Waals surface area contributed by atoms with E-state index in [1.807, 2.05) is 97.2 Å². The van der Waals surface area contributed by atoms with Gasteiger partial charge in [0.1, 0.15) is 5.69 Å². The Labute approximate surface area is 180 Å². The topological polar surface area (TPSA) is 68.5 Å². The maximum absolute atomic E-state index is 12.6. The molecule has 0 aliphatic heterocycles. The van der Waals surface area contributed by atoms with Crippen molar-refractivity contribution in [2.24, 2.45) is 5.10 Å². The third-order valence-electron chi connectivity index (χ3n) is 4.77. The molecule has 0 aliphatic carbocycles. The average Bonchev–Trinajstić information content (AvgIpc) is 3.26. The summed E-state index contributed by atoms with van der Waals surface area (Å²) in [5.74, 6) is -0.346. The van der Waals surface area contributed by atoms with Gasteiger partial charge in [-0.2, -0.15) is 10.2 Å². The summed E-state index contributed by atoms with van der Waals surface area (Å²) in [5.41, 5.74) is 6.79. The third-order valence-corrected chi connectivity index (χ3v) is 4.77. The largest absolute Gasteiger partial charge is 0.367 e. The summed E-state index contributed by atoms with van der Waals surface area (Å²) in [6.45, 7) is 0. The molecule has 4 rings (SSSR count). The number of hydrogen-bond donors (Lipinski definition) is 1. The van der Waals surface area contributed by atoms with E-state index in [-0.39, 0.29) is 5.91 Å². The minimum Gasteiger partial charge on any atom is -0.367 e. The standard InChI is InChI=1S/C25H22N4O2/c1-31-24(20-13-7-3-8-14-20)25(30)27-26-17-21-18-29(22-15-9-4-10-16-22)28-23(21)19-11-5-2-6-12-19/h2-18,24H,1H3,(H,27,30)/b26-17+. The van der Waals surface area contributed by atoms with Crippen molar-refractivity contribution in [2.45, 2.75) is 6.10 Å². The van der Waals surface area contributed by atoms with E-state index >= 15 is 0 Å². The minimum atomic E-state index is -0.737. The van der Waals surface area contributed by atoms with Crippen molar-refractivity contribution >= 4 is 12.1 Å². The van der Waals surface area contributed by atoms with Gasteiger partial charge in [0.05, 0.1) is 11.9 Å². The quantitative estimate of drug-likeness (QED) is 0.363. The van der Waals surface area contributed by atoms with Crippen LogP contribution in [0.1, 0.15) is 17.2 Å². The lowest BCUT2D eigenvalue weighted by Crippen LogP contribution is -2.26. The molecule has 0 saturated heterocycles. The minimum absolute atomic E-state index is 0.346. The smallest absolute Gasteiger partial charge is 0.273 e. The molecule has 31 heavy (non-hydrogen) atoms. The van der Waals surface area contributed by atoms with Gasteiger partial charge in [-0.05, 0) is 17.7 Å². The summed E-state index contributed by atoms with van der Waals surface area (Å²) >= 11 is 0. The van der Waals surface area contributed by atoms with Crippen LogP contribution in [-0.4, -0.2) is 29.0 Å². The van der Waals surface area contributed by atoms with Crippen LogP contribution in [-0.2, 0) is 9.53 Å². The molecule has 154 valence electrons. The Hall–Kier alpha value is -4.03. The van der Waals surface area contributed by atoms with E-state index in [0.717, 1.165) is 28.1 Å². The third kappa shape index (κ3) is 4.76. The molecule has 3 aromatic carbocycles. The average molecular weight is 410 g/mol. The molecule has 4 aromatic rings. The maximum atomic E-state index is 12.6. The Balaban J connectivity index is 1.59. The molecule has 0 bridgehead atoms. The number of aromatic nitrogens is 2. The van der Waals surface area contributed by atoms with Crippen LogP contribution < -0.4 is 5.43 Å². The zero-order valence-corrected chi connectivity index (χ0v) is 17.1. The molecule has 0 radical (unpaired) electrons. The van der Waals surface area contributed by atoms with Gasteiger partial charge in [0, 0.05) is 24.4 Å². The number of nitrogens with zero attached hydrogens (tertiary/aromatic N) is 3. The second-order valence-electron chi connectivity index (χ2n) is 6.84. The van der Waals surface area contributed by atoms with Gasteiger partial charge in [-0.3, -0.25) is 4.79 Å². The number of hydrogen-bond acceptors (Lipinski definition) is 4. The number of nitrogens with one attached hydrogen (secondary N) is 1. The van der Waals surface area contributed by atoms with Crippen molar-refractivity contribution in [3.05, 3.63) is 108 Å². The van der Waals surface area contributed by atoms with Crippen LogP contribution in [0, 0.1) is 0 Å². The van der Waals surface area contributed by atoms with Gasteiger partial charge in [-0.25, -0.2) is 10.1 Å². The second kappa shape index (κ2) is 9.65. The van der Waals surface area contributed by atoms with Gasteiger partial charge in [0.25, 0.3) is 5.91 Å². The number of rotatable bonds is 7. The summed E-state index contributed by atoms with van der Waals surface area (Å²) in [6.07, 6.45) is 2.75. The number of methoxy groups -OCH3 is 1. The number of benzene rings is 3. The van der Waals surface area contributed by atoms with Gasteiger partial charge in [-0.1, -0.05) is 78.9 Å². The number of ether oxygens (including phenoxy) is 1. The molecule has 1 heterocycles. The first kappa shape index (κ1) is 20.3. The fraction of sp³-hybridized carbons (Fsp3) is 0.0800. The van der Waals surface area contributed by atoms with Gasteiger partial charge in [-0.15, -0.1) is 0 Å². The monoisotopic (exact) mass is 410 g/mol. The van der Waals surface area contributed by atoms with E-state index in [0.29, 0.717) is 0 Å². The number of carbonyl (C=O) groups is 1. The first-order valence-corrected chi connectivity index (χ1v) is 9.87. The predicted molar refractivity (Wildman–Crippen MR) is 121 cm³/mol. The first-order chi connectivity index (χ1) is 15.3. The highest BCUT2D eigenvalue weighted by Gasteiger charge is 2.19. The van der Waals surface area contributed by atoms with Crippen molar-refractivity contribution in [3.8, 4) is 16.9 Å². The van der Waals surface area contributed by atoms with Crippen LogP contribution in [0.3, 0.4) is 0 Å². The zero-order valence-electron chi connectivity index (χ0n) is 17.1. The first-order valence-electron chi connectivity index (χ1n) is 9.87. The maximum Gasteiger partial charge on any atom is 0.273 e. The molecule has 1 unspecified atom stereocenters. The Kier molecular flexibility index (Phi) is 6.30. The van der Waals surface area contributed by atoms with Gasteiger partial charge in [0.2, 0.25) is 0 Å². The molecular weight excluding hydrogens is 388 g/mol. The molecule has 6 nitrogen and oxygen atoms in total. The van der Waals surface area contributed by atoms with Crippen molar-refractivity contribution < 1.29 is 9.53 Å². The molecule has 0 fully saturated rings. The van der Waals surface area contributed by atoms with E-state index in [1.54, 1.807) is 10.9 Å². The molecule has 1 atom stereocenters. The van der Waals surface area contributed by atoms with Crippen molar-refractivity contribution in [3.63, 3.8) is 0 Å². The highest BCUT2D eigenvalue weighted by Crippen LogP contribution is 2.22. The normalized spacial score (nSPS) is 12.0. The van der Waals surface area contributed by atoms with E-state index in [1.165, 1.54) is 7.11 Å².